The van der Waals surface area contributed by atoms with Crippen molar-refractivity contribution in [3.05, 3.63) is 24.0 Å². The highest BCUT2D eigenvalue weighted by Gasteiger charge is 2.26. The number of rotatable bonds is 10. The van der Waals surface area contributed by atoms with Gasteiger partial charge in [0.05, 0.1) is 4.90 Å². The third-order valence-corrected chi connectivity index (χ3v) is 4.81. The van der Waals surface area contributed by atoms with Crippen molar-refractivity contribution >= 4 is 16.3 Å². The summed E-state index contributed by atoms with van der Waals surface area (Å²) in [5.41, 5.74) is -0.833. The van der Waals surface area contributed by atoms with Gasteiger partial charge in [-0.25, -0.2) is 26.3 Å². The summed E-state index contributed by atoms with van der Waals surface area (Å²) in [5, 5.41) is 0. The molecule has 0 aliphatic rings. The van der Waals surface area contributed by atoms with E-state index >= 15 is 0 Å². The molecule has 1 rings (SSSR count). The van der Waals surface area contributed by atoms with Gasteiger partial charge in [0.15, 0.2) is 11.6 Å². The van der Waals surface area contributed by atoms with Gasteiger partial charge in [0.1, 0.15) is 12.9 Å². The van der Waals surface area contributed by atoms with E-state index in [1.54, 1.807) is 13.8 Å². The summed E-state index contributed by atoms with van der Waals surface area (Å²) < 4.78 is 69.6. The van der Waals surface area contributed by atoms with E-state index in [2.05, 4.69) is 23.3 Å². The molecule has 1 N–H and O–H groups in total. The second-order valence-corrected chi connectivity index (χ2v) is 8.23. The van der Waals surface area contributed by atoms with Crippen molar-refractivity contribution in [3.63, 3.8) is 0 Å². The Balaban J connectivity index is 0. The Morgan fingerprint density at radius 2 is 1.89 bits per heavy atom. The first-order valence-electron chi connectivity index (χ1n) is 8.67. The van der Waals surface area contributed by atoms with Crippen LogP contribution in [-0.4, -0.2) is 33.3 Å². The minimum atomic E-state index is -4.01. The summed E-state index contributed by atoms with van der Waals surface area (Å²) in [4.78, 5) is 10.0. The third-order valence-electron chi connectivity index (χ3n) is 3.11. The molecular formula is C18H30F3NO4S. The Hall–Kier alpha value is -1.61. The molecule has 27 heavy (non-hydrogen) atoms. The molecule has 0 fully saturated rings. The monoisotopic (exact) mass is 413 g/mol. The molecule has 0 radical (unpaired) electrons. The van der Waals surface area contributed by atoms with Gasteiger partial charge in [0.25, 0.3) is 6.43 Å². The van der Waals surface area contributed by atoms with Crippen LogP contribution in [0.4, 0.5) is 13.2 Å². The van der Waals surface area contributed by atoms with Crippen LogP contribution in [0.25, 0.3) is 0 Å². The first-order valence-corrected chi connectivity index (χ1v) is 10.2. The van der Waals surface area contributed by atoms with E-state index in [-0.39, 0.29) is 6.32 Å². The quantitative estimate of drug-likeness (QED) is 0.451. The number of sulfonamides is 1. The van der Waals surface area contributed by atoms with Crippen LogP contribution in [0.15, 0.2) is 23.1 Å². The molecule has 0 unspecified atom stereocenters. The van der Waals surface area contributed by atoms with E-state index in [1.165, 1.54) is 6.42 Å². The summed E-state index contributed by atoms with van der Waals surface area (Å²) >= 11 is 0. The molecule has 0 aliphatic heterocycles. The van der Waals surface area contributed by atoms with Gasteiger partial charge in [-0.3, -0.25) is 0 Å². The molecule has 0 aliphatic carbocycles. The summed E-state index contributed by atoms with van der Waals surface area (Å²) in [6.07, 6.45) is 0.427. The maximum atomic E-state index is 13.5. The first-order chi connectivity index (χ1) is 12.5. The molecule has 1 aromatic carbocycles. The number of hydrogen-bond acceptors (Lipinski definition) is 4. The highest BCUT2D eigenvalue weighted by Crippen LogP contribution is 2.24. The van der Waals surface area contributed by atoms with Gasteiger partial charge in [-0.05, 0) is 38.8 Å². The highest BCUT2D eigenvalue weighted by molar-refractivity contribution is 7.89. The average Bonchev–Trinajstić information content (AvgIpc) is 2.53. The van der Waals surface area contributed by atoms with E-state index in [4.69, 9.17) is 0 Å². The molecule has 1 aromatic rings. The van der Waals surface area contributed by atoms with E-state index in [0.29, 0.717) is 19.3 Å². The number of nitrogens with one attached hydrogen (secondary N) is 1. The lowest BCUT2D eigenvalue weighted by Crippen LogP contribution is -2.43. The van der Waals surface area contributed by atoms with Crippen molar-refractivity contribution in [2.75, 3.05) is 6.61 Å². The van der Waals surface area contributed by atoms with Crippen molar-refractivity contribution in [1.82, 2.24) is 4.72 Å². The first kappa shape index (κ1) is 25.4. The number of alkyl halides is 2. The molecule has 0 atom stereocenters. The predicted octanol–water partition coefficient (Wildman–Crippen LogP) is 4.56. The zero-order valence-corrected chi connectivity index (χ0v) is 16.9. The normalized spacial score (nSPS) is 11.7. The second-order valence-electron chi connectivity index (χ2n) is 6.55. The summed E-state index contributed by atoms with van der Waals surface area (Å²) in [6.45, 7) is 6.51. The van der Waals surface area contributed by atoms with Crippen molar-refractivity contribution in [1.29, 1.82) is 0 Å². The standard InChI is InChI=1S/C15H20F3NO4S.C3H8.H2/c1-15(2,7-3-4-8-20)19-24(21,22)11-5-6-12(16)13(9-11)23-10-14(17)18;1-3-2;/h5-6,8-9,14,19H,3-4,7,10H2,1-2H3;3H2,1-2H3;1H. The topological polar surface area (TPSA) is 72.5 Å². The number of hydrogen-bond donors (Lipinski definition) is 1. The molecule has 0 heterocycles. The number of ether oxygens (including phenoxy) is 1. The van der Waals surface area contributed by atoms with Crippen LogP contribution in [0.1, 0.15) is 54.8 Å². The van der Waals surface area contributed by atoms with Crippen molar-refractivity contribution in [2.45, 2.75) is 70.2 Å². The fourth-order valence-corrected chi connectivity index (χ4v) is 3.47. The van der Waals surface area contributed by atoms with E-state index in [0.717, 1.165) is 24.5 Å². The largest absolute Gasteiger partial charge is 0.485 e. The Kier molecular flexibility index (Phi) is 11.3. The van der Waals surface area contributed by atoms with E-state index in [9.17, 15) is 26.4 Å². The van der Waals surface area contributed by atoms with Crippen molar-refractivity contribution in [2.24, 2.45) is 0 Å². The molecule has 0 bridgehead atoms. The third kappa shape index (κ3) is 10.3. The van der Waals surface area contributed by atoms with Gasteiger partial charge in [0.2, 0.25) is 10.0 Å². The molecule has 0 saturated heterocycles. The Morgan fingerprint density at radius 1 is 1.30 bits per heavy atom. The fourth-order valence-electron chi connectivity index (χ4n) is 2.02. The lowest BCUT2D eigenvalue weighted by atomic mass is 9.99. The second kappa shape index (κ2) is 12.0. The van der Waals surface area contributed by atoms with Crippen LogP contribution >= 0.6 is 0 Å². The van der Waals surface area contributed by atoms with Crippen molar-refractivity contribution in [3.8, 4) is 5.75 Å². The van der Waals surface area contributed by atoms with Crippen LogP contribution in [0.3, 0.4) is 0 Å². The van der Waals surface area contributed by atoms with Gasteiger partial charge in [-0.2, -0.15) is 0 Å². The number of carbonyl (C=O) groups is 1. The van der Waals surface area contributed by atoms with Crippen LogP contribution in [0.5, 0.6) is 5.75 Å². The maximum Gasteiger partial charge on any atom is 0.272 e. The lowest BCUT2D eigenvalue weighted by molar-refractivity contribution is -0.107. The highest BCUT2D eigenvalue weighted by atomic mass is 32.2. The van der Waals surface area contributed by atoms with Gasteiger partial charge in [-0.15, -0.1) is 0 Å². The Labute approximate surface area is 160 Å². The molecule has 0 amide bonds. The van der Waals surface area contributed by atoms with E-state index in [1.807, 2.05) is 0 Å². The average molecular weight is 414 g/mol. The zero-order valence-electron chi connectivity index (χ0n) is 16.1. The Morgan fingerprint density at radius 3 is 2.41 bits per heavy atom. The fraction of sp³-hybridized carbons (Fsp3) is 0.611. The smallest absolute Gasteiger partial charge is 0.272 e. The number of halogens is 3. The maximum absolute atomic E-state index is 13.5. The molecule has 0 saturated carbocycles. The molecule has 158 valence electrons. The van der Waals surface area contributed by atoms with Crippen molar-refractivity contribution < 1.29 is 32.5 Å². The molecule has 5 nitrogen and oxygen atoms in total. The van der Waals surface area contributed by atoms with Gasteiger partial charge >= 0.3 is 0 Å². The summed E-state index contributed by atoms with van der Waals surface area (Å²) in [5.74, 6) is -1.49. The van der Waals surface area contributed by atoms with Gasteiger partial charge in [0, 0.05) is 19.5 Å². The molecular weight excluding hydrogens is 383 g/mol. The number of carbonyl (C=O) groups excluding carboxylic acids is 1. The van der Waals surface area contributed by atoms with Crippen LogP contribution in [-0.2, 0) is 14.8 Å². The summed E-state index contributed by atoms with van der Waals surface area (Å²) in [7, 11) is -4.01. The summed E-state index contributed by atoms with van der Waals surface area (Å²) in [6, 6.07) is 2.73. The van der Waals surface area contributed by atoms with Gasteiger partial charge < -0.3 is 9.53 Å². The van der Waals surface area contributed by atoms with Crippen LogP contribution < -0.4 is 9.46 Å². The van der Waals surface area contributed by atoms with Crippen LogP contribution in [0.2, 0.25) is 0 Å². The minimum absolute atomic E-state index is 0. The lowest BCUT2D eigenvalue weighted by Gasteiger charge is -2.25. The molecule has 9 heteroatoms. The van der Waals surface area contributed by atoms with Crippen LogP contribution in [0, 0.1) is 5.82 Å². The van der Waals surface area contributed by atoms with Gasteiger partial charge in [-0.1, -0.05) is 20.3 Å². The zero-order chi connectivity index (χ0) is 21.1. The Bertz CT molecular complexity index is 685. The number of aldehydes is 1. The number of unbranched alkanes of at least 4 members (excludes halogenated alkanes) is 1. The SMILES string of the molecule is CC(C)(CCCC=O)NS(=O)(=O)c1ccc(F)c(OCC(F)F)c1.CCC.[HH]. The van der Waals surface area contributed by atoms with E-state index < -0.39 is 40.2 Å². The molecule has 0 spiro atoms. The predicted molar refractivity (Wildman–Crippen MR) is 100 cm³/mol. The minimum Gasteiger partial charge on any atom is -0.485 e. The number of benzene rings is 1. The molecule has 0 aromatic heterocycles.